The molecule has 0 atom stereocenters. The van der Waals surface area contributed by atoms with Gasteiger partial charge in [-0.25, -0.2) is 0 Å². The van der Waals surface area contributed by atoms with Gasteiger partial charge < -0.3 is 0 Å². The van der Waals surface area contributed by atoms with E-state index in [0.29, 0.717) is 4.90 Å². The summed E-state index contributed by atoms with van der Waals surface area (Å²) in [4.78, 5) is 0.854. The Balaban J connectivity index is 0.00000144. The topological polar surface area (TPSA) is 43.4 Å². The second-order valence-corrected chi connectivity index (χ2v) is 4.34. The summed E-state index contributed by atoms with van der Waals surface area (Å²) in [6, 6.07) is 6.08. The van der Waals surface area contributed by atoms with E-state index in [1.807, 2.05) is 0 Å². The zero-order valence-corrected chi connectivity index (χ0v) is 11.1. The summed E-state index contributed by atoms with van der Waals surface area (Å²) in [6.45, 7) is 0. The quantitative estimate of drug-likeness (QED) is 0.373. The smallest absolute Gasteiger partial charge is 0.270 e. The monoisotopic (exact) mass is 227 g/mol. The van der Waals surface area contributed by atoms with Crippen LogP contribution in [0.15, 0.2) is 34.1 Å². The Hall–Kier alpha value is 0.480. The van der Waals surface area contributed by atoms with E-state index in [1.54, 1.807) is 12.1 Å². The summed E-state index contributed by atoms with van der Waals surface area (Å²) in [5, 5.41) is 0. The van der Waals surface area contributed by atoms with Gasteiger partial charge >= 0.3 is 29.6 Å². The molecule has 0 unspecified atom stereocenters. The molecule has 0 heterocycles. The van der Waals surface area contributed by atoms with Gasteiger partial charge in [-0.1, -0.05) is 0 Å². The van der Waals surface area contributed by atoms with Crippen LogP contribution in [0.3, 0.4) is 0 Å². The molecule has 0 aromatic heterocycles. The molecule has 3 nitrogen and oxygen atoms in total. The fourth-order valence-corrected chi connectivity index (χ4v) is 1.52. The van der Waals surface area contributed by atoms with Gasteiger partial charge in [-0.2, -0.15) is 8.42 Å². The van der Waals surface area contributed by atoms with Crippen LogP contribution in [0.4, 0.5) is 0 Å². The van der Waals surface area contributed by atoms with Crippen LogP contribution in [0.25, 0.3) is 0 Å². The zero-order valence-electron chi connectivity index (χ0n) is 7.39. The van der Waals surface area contributed by atoms with Gasteiger partial charge in [0.1, 0.15) is 0 Å². The molecule has 0 aliphatic rings. The Kier molecular flexibility index (Phi) is 5.58. The van der Waals surface area contributed by atoms with E-state index in [-0.39, 0.29) is 34.5 Å². The minimum Gasteiger partial charge on any atom is -0.270 e. The molecule has 13 heavy (non-hydrogen) atoms. The van der Waals surface area contributed by atoms with Crippen LogP contribution in [0.2, 0.25) is 0 Å². The molecule has 1 rings (SSSR count). The van der Waals surface area contributed by atoms with E-state index in [2.05, 4.69) is 16.8 Å². The van der Waals surface area contributed by atoms with Crippen molar-refractivity contribution in [2.45, 2.75) is 9.79 Å². The summed E-state index contributed by atoms with van der Waals surface area (Å²) >= 11 is 4.02. The average molecular weight is 227 g/mol. The van der Waals surface area contributed by atoms with Crippen molar-refractivity contribution in [3.05, 3.63) is 24.3 Å². The third kappa shape index (κ3) is 3.61. The minimum absolute atomic E-state index is 0. The summed E-state index contributed by atoms with van der Waals surface area (Å²) < 4.78 is 26.4. The Labute approximate surface area is 105 Å². The predicted molar refractivity (Wildman–Crippen MR) is 47.9 cm³/mol. The van der Waals surface area contributed by atoms with Crippen LogP contribution >= 0.6 is 12.6 Å². The second-order valence-electron chi connectivity index (χ2n) is 2.11. The van der Waals surface area contributed by atoms with Gasteiger partial charge in [0.15, 0.2) is 0 Å². The van der Waals surface area contributed by atoms with Crippen molar-refractivity contribution < 1.29 is 42.2 Å². The molecule has 0 spiro atoms. The van der Waals surface area contributed by atoms with E-state index in [0.717, 1.165) is 7.11 Å². The Bertz CT molecular complexity index is 358. The van der Waals surface area contributed by atoms with E-state index in [9.17, 15) is 8.42 Å². The third-order valence-corrected chi connectivity index (χ3v) is 2.93. The van der Waals surface area contributed by atoms with E-state index in [4.69, 9.17) is 0 Å². The number of rotatable bonds is 2. The fraction of sp³-hybridized carbons (Fsp3) is 0.143. The minimum atomic E-state index is -3.55. The van der Waals surface area contributed by atoms with Crippen molar-refractivity contribution in [1.82, 2.24) is 0 Å². The van der Waals surface area contributed by atoms with Crippen LogP contribution in [0.5, 0.6) is 0 Å². The molecule has 0 saturated carbocycles. The number of thiol groups is 1. The molecule has 0 radical (unpaired) electrons. The molecule has 0 amide bonds. The van der Waals surface area contributed by atoms with Crippen molar-refractivity contribution in [1.29, 1.82) is 0 Å². The summed E-state index contributed by atoms with van der Waals surface area (Å²) in [6.07, 6.45) is 0. The summed E-state index contributed by atoms with van der Waals surface area (Å²) in [7, 11) is -2.42. The van der Waals surface area contributed by atoms with Gasteiger partial charge in [0.05, 0.1) is 12.0 Å². The molecule has 66 valence electrons. The van der Waals surface area contributed by atoms with E-state index in [1.165, 1.54) is 12.1 Å². The van der Waals surface area contributed by atoms with Crippen molar-refractivity contribution in [2.75, 3.05) is 7.11 Å². The van der Waals surface area contributed by atoms with E-state index < -0.39 is 10.1 Å². The maximum absolute atomic E-state index is 11.1. The van der Waals surface area contributed by atoms with E-state index >= 15 is 0 Å². The first-order chi connectivity index (χ1) is 5.56. The Morgan fingerprint density at radius 1 is 1.23 bits per heavy atom. The second kappa shape index (κ2) is 5.38. The van der Waals surface area contributed by atoms with Crippen LogP contribution in [-0.2, 0) is 14.3 Å². The largest absolute Gasteiger partial charge is 1.00 e. The van der Waals surface area contributed by atoms with Crippen molar-refractivity contribution in [3.63, 3.8) is 0 Å². The van der Waals surface area contributed by atoms with Gasteiger partial charge in [0.2, 0.25) is 0 Å². The molecule has 1 aromatic carbocycles. The standard InChI is InChI=1S/C7H8O3S2.Na/c1-10-12(8,9)7-4-2-6(11)3-5-7;/h2-5,11H,1H3;/q;+1. The Morgan fingerprint density at radius 2 is 1.69 bits per heavy atom. The van der Waals surface area contributed by atoms with Crippen molar-refractivity contribution in [2.24, 2.45) is 0 Å². The predicted octanol–water partition coefficient (Wildman–Crippen LogP) is -1.69. The summed E-state index contributed by atoms with van der Waals surface area (Å²) in [5.74, 6) is 0. The van der Waals surface area contributed by atoms with Gasteiger partial charge in [-0.15, -0.1) is 12.6 Å². The first-order valence-electron chi connectivity index (χ1n) is 3.16. The molecule has 1 aromatic rings. The first-order valence-corrected chi connectivity index (χ1v) is 5.01. The molecule has 0 aliphatic carbocycles. The molecule has 6 heteroatoms. The molecule has 0 aliphatic heterocycles. The molecule has 0 bridgehead atoms. The average Bonchev–Trinajstić information content (AvgIpc) is 2.05. The van der Waals surface area contributed by atoms with Crippen LogP contribution < -0.4 is 29.6 Å². The first kappa shape index (κ1) is 13.5. The maximum atomic E-state index is 11.1. The van der Waals surface area contributed by atoms with Crippen LogP contribution in [0.1, 0.15) is 0 Å². The fourth-order valence-electron chi connectivity index (χ4n) is 0.709. The van der Waals surface area contributed by atoms with Crippen LogP contribution in [-0.4, -0.2) is 15.5 Å². The van der Waals surface area contributed by atoms with Crippen LogP contribution in [0, 0.1) is 0 Å². The van der Waals surface area contributed by atoms with Gasteiger partial charge in [-0.3, -0.25) is 4.18 Å². The zero-order chi connectivity index (χ0) is 9.19. The normalized spacial score (nSPS) is 10.6. The van der Waals surface area contributed by atoms with Crippen molar-refractivity contribution >= 4 is 22.7 Å². The summed E-state index contributed by atoms with van der Waals surface area (Å²) in [5.41, 5.74) is 0. The van der Waals surface area contributed by atoms with Gasteiger partial charge in [0, 0.05) is 4.90 Å². The number of benzene rings is 1. The Morgan fingerprint density at radius 3 is 2.08 bits per heavy atom. The van der Waals surface area contributed by atoms with Gasteiger partial charge in [0.25, 0.3) is 10.1 Å². The number of hydrogen-bond acceptors (Lipinski definition) is 4. The SMILES string of the molecule is COS(=O)(=O)c1ccc(S)cc1.[Na+]. The molecular weight excluding hydrogens is 219 g/mol. The molecular formula is C7H8NaO3S2+. The van der Waals surface area contributed by atoms with Crippen molar-refractivity contribution in [3.8, 4) is 0 Å². The molecule has 0 saturated heterocycles. The third-order valence-electron chi connectivity index (χ3n) is 1.34. The van der Waals surface area contributed by atoms with Gasteiger partial charge in [-0.05, 0) is 24.3 Å². The molecule has 0 fully saturated rings. The maximum Gasteiger partial charge on any atom is 1.00 e. The number of hydrogen-bond donors (Lipinski definition) is 1. The molecule has 0 N–H and O–H groups in total.